The minimum Gasteiger partial charge on any atom is -0.550 e. The SMILES string of the molecule is COC(=O)C(Br)C(=O)c1nc(Cl)cc2c1cnn2C.COC(=O)CC(=O)[O-].COC(=O)CC(=O)c1nc(Cl)cc2c1cnn2C.COC(=O)c1nc(Cl)cc2c1cnn2C.Cn1ncc2c(C(=O)O)nc(Cl)cc21.Cn1ncc2c(Cl)nc(Cl)cc21.[K+]. The van der Waals surface area contributed by atoms with Gasteiger partial charge in [-0.3, -0.25) is 47.4 Å². The second-order valence-electron chi connectivity index (χ2n) is 16.8. The van der Waals surface area contributed by atoms with E-state index in [1.54, 1.807) is 94.3 Å². The average molecular weight is 1410 g/mol. The summed E-state index contributed by atoms with van der Waals surface area (Å²) in [5.41, 5.74) is 3.97. The van der Waals surface area contributed by atoms with Crippen LogP contribution in [0.1, 0.15) is 54.8 Å². The topological polar surface area (TPSA) is 370 Å². The van der Waals surface area contributed by atoms with Gasteiger partial charge in [0.2, 0.25) is 5.78 Å². The van der Waals surface area contributed by atoms with Crippen molar-refractivity contribution in [3.63, 3.8) is 0 Å². The standard InChI is InChI=1S/C11H9BrClN3O3.C11H10ClN3O3.C9H8ClN3O2.C8H6ClN3O2.C7H5Cl2N3.C4H6O4.K/c1-16-6-3-7(13)15-9(5(6)4-14-16)10(17)8(12)11(18)19-2;1-15-7-3-9(12)14-11(6(7)5-13-15)8(16)4-10(17)18-2;1-13-6-3-7(10)12-8(9(14)15-2)5(6)4-11-13;1-12-5-2-6(9)11-7(8(13)14)4(5)3-10-12;1-12-5-2-6(8)11-7(9)4(5)3-10-12;1-8-4(7)2-3(5)6;/h3-4,8H,1-2H3;3,5H,4H2,1-2H3;3-4H,1-2H3;2-3H,1H3,(H,13,14);2-3H,1H3;2H2,1H3,(H,5,6);/q;;;;;;+1/p-1. The zero-order valence-electron chi connectivity index (χ0n) is 46.9. The summed E-state index contributed by atoms with van der Waals surface area (Å²) in [5.74, 6) is -6.10. The maximum atomic E-state index is 12.2. The molecule has 1 N–H and O–H groups in total. The van der Waals surface area contributed by atoms with Crippen molar-refractivity contribution >= 4 is 187 Å². The van der Waals surface area contributed by atoms with E-state index in [0.29, 0.717) is 48.4 Å². The van der Waals surface area contributed by atoms with Crippen LogP contribution in [0.25, 0.3) is 54.5 Å². The number of Topliss-reactive ketones (excluding diaryl/α,β-unsaturated/α-hetero) is 2. The van der Waals surface area contributed by atoms with E-state index in [9.17, 15) is 43.5 Å². The van der Waals surface area contributed by atoms with Gasteiger partial charge in [0.25, 0.3) is 0 Å². The Morgan fingerprint density at radius 3 is 1.17 bits per heavy atom. The number of hydrogen-bond donors (Lipinski definition) is 1. The van der Waals surface area contributed by atoms with E-state index in [4.69, 9.17) is 74.7 Å². The third-order valence-corrected chi connectivity index (χ3v) is 13.3. The van der Waals surface area contributed by atoms with E-state index in [2.05, 4.69) is 85.3 Å². The van der Waals surface area contributed by atoms with Gasteiger partial charge >= 0.3 is 81.2 Å². The number of pyridine rings is 5. The van der Waals surface area contributed by atoms with Crippen LogP contribution in [0.2, 0.25) is 30.9 Å². The van der Waals surface area contributed by atoms with E-state index in [-0.39, 0.29) is 101 Å². The number of aliphatic carboxylic acids is 1. The van der Waals surface area contributed by atoms with Gasteiger partial charge in [-0.2, -0.15) is 25.5 Å². The molecule has 10 heterocycles. The molecule has 0 amide bonds. The summed E-state index contributed by atoms with van der Waals surface area (Å²) in [4.78, 5) is 107. The van der Waals surface area contributed by atoms with Crippen LogP contribution in [0.15, 0.2) is 61.3 Å². The minimum absolute atomic E-state index is 0. The van der Waals surface area contributed by atoms with Crippen LogP contribution in [-0.4, -0.2) is 160 Å². The Bertz CT molecular complexity index is 4250. The summed E-state index contributed by atoms with van der Waals surface area (Å²) in [5, 5.41) is 43.0. The van der Waals surface area contributed by atoms with Gasteiger partial charge in [-0.1, -0.05) is 85.5 Å². The van der Waals surface area contributed by atoms with Crippen LogP contribution in [0, 0.1) is 0 Å². The molecular formula is C50H43BrCl6KN15O14. The third-order valence-electron chi connectivity index (χ3n) is 11.3. The van der Waals surface area contributed by atoms with Crippen LogP contribution >= 0.6 is 85.5 Å². The zero-order chi connectivity index (χ0) is 64.0. The molecule has 0 saturated heterocycles. The smallest absolute Gasteiger partial charge is 0.550 e. The molecule has 0 aromatic carbocycles. The number of hydrogen-bond acceptors (Lipinski definition) is 23. The van der Waals surface area contributed by atoms with E-state index < -0.39 is 58.6 Å². The van der Waals surface area contributed by atoms with E-state index in [1.165, 1.54) is 39.9 Å². The fourth-order valence-electron chi connectivity index (χ4n) is 7.15. The fourth-order valence-corrected chi connectivity index (χ4v) is 8.77. The van der Waals surface area contributed by atoms with Crippen molar-refractivity contribution < 1.29 is 119 Å². The van der Waals surface area contributed by atoms with Crippen molar-refractivity contribution in [3.8, 4) is 0 Å². The van der Waals surface area contributed by atoms with Crippen molar-refractivity contribution in [2.75, 3.05) is 28.4 Å². The van der Waals surface area contributed by atoms with E-state index in [1.807, 2.05) is 7.05 Å². The van der Waals surface area contributed by atoms with Crippen LogP contribution in [0.3, 0.4) is 0 Å². The molecule has 0 saturated carbocycles. The monoisotopic (exact) mass is 1410 g/mol. The molecule has 0 radical (unpaired) electrons. The van der Waals surface area contributed by atoms with Gasteiger partial charge in [-0.05, 0) is 0 Å². The number of fused-ring (bicyclic) bond motifs is 5. The summed E-state index contributed by atoms with van der Waals surface area (Å²) in [6.45, 7) is 0. The quantitative estimate of drug-likeness (QED) is 0.0390. The first-order chi connectivity index (χ1) is 40.5. The summed E-state index contributed by atoms with van der Waals surface area (Å²) in [6, 6.07) is 8.17. The number of aromatic nitrogens is 15. The molecule has 0 spiro atoms. The van der Waals surface area contributed by atoms with E-state index >= 15 is 0 Å². The first kappa shape index (κ1) is 72.6. The number of methoxy groups -OCH3 is 4. The molecule has 0 bridgehead atoms. The molecule has 0 aliphatic heterocycles. The first-order valence-corrected chi connectivity index (χ1v) is 26.7. The Hall–Kier alpha value is -6.88. The number of rotatable bonds is 10. The van der Waals surface area contributed by atoms with Gasteiger partial charge in [0.1, 0.15) is 48.7 Å². The average Bonchev–Trinajstić information content (AvgIpc) is 2.68. The van der Waals surface area contributed by atoms with Crippen LogP contribution in [0.4, 0.5) is 0 Å². The number of carboxylic acid groups (broad SMARTS) is 2. The predicted molar refractivity (Wildman–Crippen MR) is 313 cm³/mol. The van der Waals surface area contributed by atoms with Gasteiger partial charge in [-0.15, -0.1) is 0 Å². The number of esters is 4. The number of aromatic carboxylic acids is 1. The molecule has 10 rings (SSSR count). The molecular weight excluding hydrogens is 1370 g/mol. The first-order valence-electron chi connectivity index (χ1n) is 23.6. The number of nitrogens with zero attached hydrogens (tertiary/aromatic N) is 15. The Morgan fingerprint density at radius 2 is 0.805 bits per heavy atom. The number of carbonyl (C=O) groups is 8. The molecule has 0 aliphatic rings. The molecule has 452 valence electrons. The second kappa shape index (κ2) is 32.9. The Morgan fingerprint density at radius 1 is 0.483 bits per heavy atom. The Kier molecular flexibility index (Phi) is 27.5. The van der Waals surface area contributed by atoms with Gasteiger partial charge in [0.15, 0.2) is 22.0 Å². The van der Waals surface area contributed by atoms with E-state index in [0.717, 1.165) is 23.5 Å². The number of ketones is 2. The maximum absolute atomic E-state index is 12.2. The molecule has 0 aliphatic carbocycles. The summed E-state index contributed by atoms with van der Waals surface area (Å²) < 4.78 is 25.6. The summed E-state index contributed by atoms with van der Waals surface area (Å²) in [6.07, 6.45) is 6.67. The molecule has 29 nitrogen and oxygen atoms in total. The second-order valence-corrected chi connectivity index (χ2v) is 20.0. The van der Waals surface area contributed by atoms with Gasteiger partial charge < -0.3 is 34.0 Å². The maximum Gasteiger partial charge on any atom is 1.00 e. The Labute approximate surface area is 570 Å². The van der Waals surface area contributed by atoms with Crippen molar-refractivity contribution in [2.45, 2.75) is 17.7 Å². The van der Waals surface area contributed by atoms with Gasteiger partial charge in [0, 0.05) is 76.3 Å². The molecule has 1 atom stereocenters. The third kappa shape index (κ3) is 18.8. The predicted octanol–water partition coefficient (Wildman–Crippen LogP) is 3.42. The zero-order valence-corrected chi connectivity index (χ0v) is 56.1. The molecule has 87 heavy (non-hydrogen) atoms. The fraction of sp³-hybridized carbons (Fsp3) is 0.240. The number of ether oxygens (including phenoxy) is 4. The molecule has 10 aromatic heterocycles. The number of aryl methyl sites for hydroxylation is 5. The van der Waals surface area contributed by atoms with Crippen molar-refractivity contribution in [1.82, 2.24) is 73.8 Å². The van der Waals surface area contributed by atoms with Crippen molar-refractivity contribution in [3.05, 3.63) is 115 Å². The van der Waals surface area contributed by atoms with Crippen molar-refractivity contribution in [2.24, 2.45) is 35.2 Å². The molecule has 37 heteroatoms. The number of carboxylic acids is 2. The minimum atomic E-state index is -1.42. The van der Waals surface area contributed by atoms with Crippen LogP contribution in [0.5, 0.6) is 0 Å². The summed E-state index contributed by atoms with van der Waals surface area (Å²) in [7, 11) is 13.6. The Balaban J connectivity index is 0.000000227. The van der Waals surface area contributed by atoms with Crippen LogP contribution in [-0.2, 0) is 73.4 Å². The van der Waals surface area contributed by atoms with Crippen molar-refractivity contribution in [1.29, 1.82) is 0 Å². The number of carbonyl (C=O) groups excluding carboxylic acids is 7. The van der Waals surface area contributed by atoms with Gasteiger partial charge in [0.05, 0.1) is 116 Å². The molecule has 1 unspecified atom stereocenters. The van der Waals surface area contributed by atoms with Gasteiger partial charge in [-0.25, -0.2) is 34.5 Å². The number of halogens is 7. The summed E-state index contributed by atoms with van der Waals surface area (Å²) >= 11 is 37.7. The largest absolute Gasteiger partial charge is 1.00 e. The molecule has 10 aromatic rings. The molecule has 0 fully saturated rings. The normalized spacial score (nSPS) is 10.7. The number of alkyl halides is 1. The van der Waals surface area contributed by atoms with Crippen LogP contribution < -0.4 is 56.5 Å².